The molecule has 6 rings (SSSR count). The third-order valence-corrected chi connectivity index (χ3v) is 20.9. The van der Waals surface area contributed by atoms with Crippen LogP contribution in [-0.2, 0) is 52.1 Å². The third-order valence-electron chi connectivity index (χ3n) is 16.7. The summed E-state index contributed by atoms with van der Waals surface area (Å²) in [6, 6.07) is 25.8. The summed E-state index contributed by atoms with van der Waals surface area (Å²) in [6.07, 6.45) is 3.56. The first-order valence-electron chi connectivity index (χ1n) is 38.4. The topological polar surface area (TPSA) is 481 Å². The van der Waals surface area contributed by atoms with E-state index in [-0.39, 0.29) is 71.7 Å². The molecule has 1 atom stereocenters. The molecule has 8 bridgehead atoms. The van der Waals surface area contributed by atoms with E-state index >= 15 is 0 Å². The maximum absolute atomic E-state index is 14.1. The zero-order valence-corrected chi connectivity index (χ0v) is 77.2. The molecule has 0 aromatic heterocycles. The van der Waals surface area contributed by atoms with E-state index in [0.29, 0.717) is 55.6 Å². The number of carbonyl (C=O) groups excluding carboxylic acids is 4. The van der Waals surface area contributed by atoms with Crippen molar-refractivity contribution in [3.8, 4) is 23.0 Å². The van der Waals surface area contributed by atoms with Crippen LogP contribution in [0.5, 0.6) is 23.0 Å². The Balaban J connectivity index is 0.00000219. The molecule has 35 nitrogen and oxygen atoms in total. The third kappa shape index (κ3) is 47.6. The number of benzene rings is 5. The van der Waals surface area contributed by atoms with Gasteiger partial charge in [-0.3, -0.25) is 24.0 Å². The van der Waals surface area contributed by atoms with Crippen molar-refractivity contribution in [1.29, 1.82) is 0 Å². The molecule has 7 N–H and O–H groups in total. The molecule has 672 valence electrons. The van der Waals surface area contributed by atoms with Gasteiger partial charge in [-0.25, -0.2) is 0 Å². The molecule has 1 aliphatic heterocycles. The molecule has 0 aliphatic carbocycles. The van der Waals surface area contributed by atoms with Crippen LogP contribution in [0.25, 0.3) is 0 Å². The summed E-state index contributed by atoms with van der Waals surface area (Å²) in [5.41, 5.74) is 8.83. The molecule has 4 amide bonds. The summed E-state index contributed by atoms with van der Waals surface area (Å²) in [5.74, 6) is -0.00766. The van der Waals surface area contributed by atoms with Crippen molar-refractivity contribution in [2.75, 3.05) is 163 Å². The Morgan fingerprint density at radius 3 is 0.692 bits per heavy atom. The Morgan fingerprint density at radius 1 is 0.367 bits per heavy atom. The van der Waals surface area contributed by atoms with Crippen molar-refractivity contribution in [3.05, 3.63) is 168 Å². The van der Waals surface area contributed by atoms with Crippen molar-refractivity contribution in [2.24, 2.45) is 5.73 Å². The minimum absolute atomic E-state index is 0.249. The number of hydrogen-bond donors (Lipinski definition) is 6. The lowest BCUT2D eigenvalue weighted by molar-refractivity contribution is -0.870. The average molecular weight is 1760 g/mol. The number of quaternary nitrogens is 4. The quantitative estimate of drug-likeness (QED) is 0.0102. The van der Waals surface area contributed by atoms with E-state index < -0.39 is 32.4 Å². The van der Waals surface area contributed by atoms with E-state index in [4.69, 9.17) is 91.1 Å². The molecule has 39 heteroatoms. The van der Waals surface area contributed by atoms with Gasteiger partial charge in [-0.15, -0.1) is 0 Å². The lowest BCUT2D eigenvalue weighted by atomic mass is 9.87. The highest BCUT2D eigenvalue weighted by atomic mass is 32.2. The zero-order chi connectivity index (χ0) is 92.3. The van der Waals surface area contributed by atoms with E-state index in [0.717, 1.165) is 137 Å². The van der Waals surface area contributed by atoms with E-state index in [1.54, 1.807) is 0 Å². The number of aliphatic carboxylic acids is 1. The van der Waals surface area contributed by atoms with Gasteiger partial charge in [0.2, 0.25) is 0 Å². The Kier molecular flexibility index (Phi) is 44.9. The monoisotopic (exact) mass is 1760 g/mol. The number of rotatable bonds is 31. The van der Waals surface area contributed by atoms with Crippen molar-refractivity contribution in [2.45, 2.75) is 182 Å². The minimum Gasteiger partial charge on any atom is -0.481 e. The molecule has 0 saturated heterocycles. The summed E-state index contributed by atoms with van der Waals surface area (Å²) >= 11 is 5.89. The van der Waals surface area contributed by atoms with Crippen LogP contribution in [0, 0.1) is 61.3 Å². The highest BCUT2D eigenvalue weighted by Crippen LogP contribution is 2.56. The molecular weight excluding hydrogens is 1640 g/mol. The van der Waals surface area contributed by atoms with E-state index in [1.807, 2.05) is 30.3 Å². The Morgan fingerprint density at radius 2 is 0.542 bits per heavy atom. The van der Waals surface area contributed by atoms with Gasteiger partial charge in [0.25, 0.3) is 23.6 Å². The standard InChI is InChI=1S/C72H112N8O8S4.C9H11NO2.4NO3/c1-69(2,3)49-37-53-65(85-45-61(81)73-29-25-33-77(13,14)15)54(38-49)90-56-40-51(71(7,8)9)42-58(67(56)87-47-63(83)75-31-27-35-79(19,20)21)92-60-44-52(72(10,11)12)43-59(68(60)88-48-64(84)76-32-28-36-80(22,23)24)91-57-41-50(70(4,5)6)39-55(89-53)66(57)86-46-62(82)74-30-26-34-78(16,17)18;10-8(9(11)12)6-7-4-2-1-3-5-7;4*2-1(3)4/h37-44H,25-36,45-48H2,1-24H3;1-5,8H,6,10H2,(H,11,12);;;;/q;;4*-1/p+4. The highest BCUT2D eigenvalue weighted by Gasteiger charge is 2.32. The van der Waals surface area contributed by atoms with Gasteiger partial charge in [0.1, 0.15) is 29.0 Å². The maximum atomic E-state index is 14.1. The van der Waals surface area contributed by atoms with Gasteiger partial charge in [-0.2, -0.15) is 0 Å². The number of nitrogens with one attached hydrogen (secondary N) is 4. The second-order valence-corrected chi connectivity index (χ2v) is 40.5. The molecule has 120 heavy (non-hydrogen) atoms. The molecule has 1 unspecified atom stereocenters. The summed E-state index contributed by atoms with van der Waals surface area (Å²) in [4.78, 5) is 106. The predicted molar refractivity (Wildman–Crippen MR) is 468 cm³/mol. The maximum Gasteiger partial charge on any atom is 0.320 e. The van der Waals surface area contributed by atoms with E-state index in [2.05, 4.69) is 237 Å². The molecule has 0 radical (unpaired) electrons. The van der Waals surface area contributed by atoms with Crippen LogP contribution >= 0.6 is 47.0 Å². The summed E-state index contributed by atoms with van der Waals surface area (Å²) < 4.78 is 31.0. The first-order valence-corrected chi connectivity index (χ1v) is 41.7. The van der Waals surface area contributed by atoms with Gasteiger partial charge in [0, 0.05) is 51.9 Å². The molecule has 0 saturated carbocycles. The number of carboxylic acids is 1. The molecule has 5 aromatic rings. The number of ether oxygens (including phenoxy) is 4. The van der Waals surface area contributed by atoms with Gasteiger partial charge in [-0.1, -0.05) is 160 Å². The van der Waals surface area contributed by atoms with Crippen molar-refractivity contribution >= 4 is 76.6 Å². The fourth-order valence-electron chi connectivity index (χ4n) is 10.5. The highest BCUT2D eigenvalue weighted by molar-refractivity contribution is 8.01. The molecular formula is C81H127N13O22S4. The smallest absolute Gasteiger partial charge is 0.320 e. The molecule has 0 spiro atoms. The summed E-state index contributed by atoms with van der Waals surface area (Å²) in [7, 11) is 25.7. The largest absolute Gasteiger partial charge is 0.481 e. The molecule has 1 heterocycles. The lowest BCUT2D eigenvalue weighted by Crippen LogP contribution is -2.38. The molecule has 5 aromatic carbocycles. The van der Waals surface area contributed by atoms with Gasteiger partial charge in [0.15, 0.2) is 26.4 Å². The predicted octanol–water partition coefficient (Wildman–Crippen LogP) is 11.8. The van der Waals surface area contributed by atoms with Crippen LogP contribution in [0.15, 0.2) is 118 Å². The second kappa shape index (κ2) is 49.5. The first kappa shape index (κ1) is 109. The SMILES string of the molecule is CC(C)(C)c1cc2c(OCC(=O)NCCC[N+](C)(C)C)c(c1)Sc1cc(C(C)(C)C)cc(c1OCC(=O)NCCC[N+](C)(C)C)Sc1cc(C(C)(C)C)cc(c1OCC(=O)NCCC[N+](C)(C)C)Sc1cc(C(C)(C)C)cc(c1OCC(=O)NCCC[N+](C)(C)C)S2.NC(Cc1ccccc1)C(=O)O.O=[N+]([O-])[O-].O=[N+]([O-])[O-].O=[N+]([O-])[O-].O=[N+]([O-])[O-]. The van der Waals surface area contributed by atoms with E-state index in [9.17, 15) is 24.0 Å². The first-order chi connectivity index (χ1) is 54.9. The summed E-state index contributed by atoms with van der Waals surface area (Å²) in [6.45, 7) is 30.7. The normalized spacial score (nSPS) is 12.4. The Labute approximate surface area is 722 Å². The fourth-order valence-corrected chi connectivity index (χ4v) is 15.3. The van der Waals surface area contributed by atoms with Gasteiger partial charge < -0.3 is 130 Å². The molecule has 1 aliphatic rings. The lowest BCUT2D eigenvalue weighted by Gasteiger charge is -2.28. The zero-order valence-electron chi connectivity index (χ0n) is 73.9. The van der Waals surface area contributed by atoms with Crippen molar-refractivity contribution in [1.82, 2.24) is 21.3 Å². The number of carbonyl (C=O) groups is 5. The van der Waals surface area contributed by atoms with Crippen LogP contribution in [0.4, 0.5) is 0 Å². The van der Waals surface area contributed by atoms with E-state index in [1.165, 1.54) is 47.0 Å². The fraction of sp³-hybridized carbons (Fsp3) is 0.568. The average Bonchev–Trinajstić information content (AvgIpc) is 0.757. The van der Waals surface area contributed by atoms with Crippen molar-refractivity contribution in [3.63, 3.8) is 0 Å². The second-order valence-electron chi connectivity index (χ2n) is 36.2. The van der Waals surface area contributed by atoms with Gasteiger partial charge in [-0.05, 0) is 104 Å². The van der Waals surface area contributed by atoms with Crippen LogP contribution in [0.2, 0.25) is 0 Å². The van der Waals surface area contributed by atoms with Gasteiger partial charge in [0.05, 0.1) is 170 Å². The number of carboxylic acid groups (broad SMARTS) is 1. The number of nitrogens with two attached hydrogens (primary N) is 1. The van der Waals surface area contributed by atoms with Crippen LogP contribution in [0.1, 0.15) is 137 Å². The van der Waals surface area contributed by atoms with Crippen LogP contribution in [0.3, 0.4) is 0 Å². The Hall–Kier alpha value is -9.35. The number of fused-ring (bicyclic) bond motifs is 8. The number of amides is 4. The molecule has 0 fully saturated rings. The Bertz CT molecular complexity index is 3610. The number of nitrogens with zero attached hydrogens (tertiary/aromatic N) is 8. The summed E-state index contributed by atoms with van der Waals surface area (Å²) in [5, 5.41) is 80.0. The van der Waals surface area contributed by atoms with Crippen LogP contribution in [-0.4, -0.2) is 242 Å². The number of hydrogen-bond acceptors (Lipinski definition) is 26. The minimum atomic E-state index is -1.75. The van der Waals surface area contributed by atoms with Crippen molar-refractivity contribution < 1.29 is 86.3 Å². The van der Waals surface area contributed by atoms with Gasteiger partial charge >= 0.3 is 5.97 Å². The van der Waals surface area contributed by atoms with Crippen LogP contribution < -0.4 is 45.9 Å².